The van der Waals surface area contributed by atoms with Gasteiger partial charge < -0.3 is 16.1 Å². The minimum atomic E-state index is 0.282. The van der Waals surface area contributed by atoms with Crippen molar-refractivity contribution in [3.05, 3.63) is 0 Å². The molecule has 3 N–H and O–H groups in total. The second-order valence-corrected chi connectivity index (χ2v) is 2.01. The number of rotatable bonds is 5. The van der Waals surface area contributed by atoms with Gasteiger partial charge in [0, 0.05) is 25.2 Å². The highest BCUT2D eigenvalue weighted by molar-refractivity contribution is 5.57. The van der Waals surface area contributed by atoms with Gasteiger partial charge in [-0.3, -0.25) is 0 Å². The van der Waals surface area contributed by atoms with Crippen molar-refractivity contribution >= 4 is 12.4 Å². The molecule has 0 amide bonds. The first-order chi connectivity index (χ1) is 4.31. The molecule has 3 heteroatoms. The molecule has 0 saturated heterocycles. The molecule has 0 aromatic carbocycles. The van der Waals surface area contributed by atoms with E-state index in [1.807, 2.05) is 6.92 Å². The first-order valence-corrected chi connectivity index (χ1v) is 3.01. The van der Waals surface area contributed by atoms with Crippen LogP contribution in [-0.2, 0) is 0 Å². The van der Waals surface area contributed by atoms with Crippen LogP contribution >= 0.6 is 0 Å². The average Bonchev–Trinajstić information content (AvgIpc) is 1.89. The Morgan fingerprint density at radius 1 is 1.56 bits per heavy atom. The van der Waals surface area contributed by atoms with Crippen molar-refractivity contribution in [3.63, 3.8) is 0 Å². The fourth-order valence-corrected chi connectivity index (χ4v) is 0.442. The second-order valence-electron chi connectivity index (χ2n) is 2.01. The standard InChI is InChI=1S/C6H13N3/c1-6(4-8)5-9-3-2-7/h2,4,6-9H,3,5H2,1H3. The maximum atomic E-state index is 6.82. The molecule has 0 fully saturated rings. The first-order valence-electron chi connectivity index (χ1n) is 3.01. The molecule has 9 heavy (non-hydrogen) atoms. The van der Waals surface area contributed by atoms with Crippen LogP contribution in [0.3, 0.4) is 0 Å². The highest BCUT2D eigenvalue weighted by atomic mass is 14.9. The van der Waals surface area contributed by atoms with Crippen LogP contribution in [0.5, 0.6) is 0 Å². The second kappa shape index (κ2) is 5.44. The molecule has 0 aliphatic heterocycles. The summed E-state index contributed by atoms with van der Waals surface area (Å²) in [6.45, 7) is 3.36. The zero-order chi connectivity index (χ0) is 7.11. The summed E-state index contributed by atoms with van der Waals surface area (Å²) in [5.41, 5.74) is 0. The van der Waals surface area contributed by atoms with Gasteiger partial charge in [-0.1, -0.05) is 6.92 Å². The van der Waals surface area contributed by atoms with Gasteiger partial charge in [0.2, 0.25) is 0 Å². The Morgan fingerprint density at radius 2 is 2.22 bits per heavy atom. The highest BCUT2D eigenvalue weighted by Crippen LogP contribution is 1.82. The number of nitrogens with one attached hydrogen (secondary N) is 3. The molecule has 1 atom stereocenters. The van der Waals surface area contributed by atoms with Crippen molar-refractivity contribution in [1.82, 2.24) is 5.32 Å². The Kier molecular flexibility index (Phi) is 5.01. The van der Waals surface area contributed by atoms with Crippen LogP contribution in [-0.4, -0.2) is 25.5 Å². The molecule has 0 aromatic heterocycles. The Hall–Kier alpha value is -0.700. The van der Waals surface area contributed by atoms with Crippen molar-refractivity contribution in [2.75, 3.05) is 13.1 Å². The molecule has 0 saturated carbocycles. The zero-order valence-electron chi connectivity index (χ0n) is 5.65. The van der Waals surface area contributed by atoms with Gasteiger partial charge in [-0.05, 0) is 6.21 Å². The maximum absolute atomic E-state index is 6.82. The summed E-state index contributed by atoms with van der Waals surface area (Å²) in [4.78, 5) is 0. The molecule has 0 bridgehead atoms. The smallest absolute Gasteiger partial charge is 0.0302 e. The lowest BCUT2D eigenvalue weighted by molar-refractivity contribution is 0.669. The zero-order valence-corrected chi connectivity index (χ0v) is 5.65. The third-order valence-corrected chi connectivity index (χ3v) is 0.997. The molecule has 52 valence electrons. The predicted molar refractivity (Wildman–Crippen MR) is 39.6 cm³/mol. The molecule has 0 aliphatic rings. The molecule has 0 spiro atoms. The lowest BCUT2D eigenvalue weighted by atomic mass is 10.2. The Balaban J connectivity index is 3.05. The summed E-state index contributed by atoms with van der Waals surface area (Å²) < 4.78 is 0. The van der Waals surface area contributed by atoms with E-state index in [4.69, 9.17) is 10.8 Å². The van der Waals surface area contributed by atoms with Gasteiger partial charge in [0.25, 0.3) is 0 Å². The van der Waals surface area contributed by atoms with Crippen LogP contribution in [0.4, 0.5) is 0 Å². The van der Waals surface area contributed by atoms with E-state index in [1.165, 1.54) is 12.4 Å². The Bertz CT molecular complexity index is 90.3. The first kappa shape index (κ1) is 8.30. The lowest BCUT2D eigenvalue weighted by Gasteiger charge is -2.02. The molecule has 1 unspecified atom stereocenters. The van der Waals surface area contributed by atoms with E-state index in [0.717, 1.165) is 6.54 Å². The Morgan fingerprint density at radius 3 is 2.67 bits per heavy atom. The van der Waals surface area contributed by atoms with Crippen LogP contribution in [0.15, 0.2) is 0 Å². The molecule has 0 aliphatic carbocycles. The maximum Gasteiger partial charge on any atom is 0.0302 e. The topological polar surface area (TPSA) is 59.7 Å². The summed E-state index contributed by atoms with van der Waals surface area (Å²) in [6.07, 6.45) is 2.72. The number of hydrogen-bond acceptors (Lipinski definition) is 3. The summed E-state index contributed by atoms with van der Waals surface area (Å²) in [6, 6.07) is 0. The quantitative estimate of drug-likeness (QED) is 0.366. The van der Waals surface area contributed by atoms with E-state index < -0.39 is 0 Å². The lowest BCUT2D eigenvalue weighted by Crippen LogP contribution is -2.23. The molecular formula is C6H13N3. The van der Waals surface area contributed by atoms with Gasteiger partial charge in [-0.2, -0.15) is 0 Å². The van der Waals surface area contributed by atoms with E-state index >= 15 is 0 Å². The van der Waals surface area contributed by atoms with E-state index in [2.05, 4.69) is 5.32 Å². The van der Waals surface area contributed by atoms with Crippen molar-refractivity contribution in [3.8, 4) is 0 Å². The molecule has 3 nitrogen and oxygen atoms in total. The van der Waals surface area contributed by atoms with Crippen molar-refractivity contribution in [1.29, 1.82) is 10.8 Å². The SMILES string of the molecule is CC(C=N)CNCC=N. The van der Waals surface area contributed by atoms with Crippen molar-refractivity contribution in [2.45, 2.75) is 6.92 Å². The van der Waals surface area contributed by atoms with Gasteiger partial charge in [0.05, 0.1) is 0 Å². The van der Waals surface area contributed by atoms with E-state index in [0.29, 0.717) is 6.54 Å². The molecule has 0 rings (SSSR count). The summed E-state index contributed by atoms with van der Waals surface area (Å²) in [7, 11) is 0. The fourth-order valence-electron chi connectivity index (χ4n) is 0.442. The number of hydrogen-bond donors (Lipinski definition) is 3. The van der Waals surface area contributed by atoms with Gasteiger partial charge in [0.15, 0.2) is 0 Å². The Labute approximate surface area is 55.5 Å². The average molecular weight is 127 g/mol. The van der Waals surface area contributed by atoms with Gasteiger partial charge in [-0.15, -0.1) is 0 Å². The minimum Gasteiger partial charge on any atom is -0.313 e. The normalized spacial score (nSPS) is 12.6. The predicted octanol–water partition coefficient (Wildman–Crippen LogP) is 0.511. The molecular weight excluding hydrogens is 114 g/mol. The van der Waals surface area contributed by atoms with E-state index in [-0.39, 0.29) is 5.92 Å². The van der Waals surface area contributed by atoms with Gasteiger partial charge >= 0.3 is 0 Å². The third kappa shape index (κ3) is 5.17. The van der Waals surface area contributed by atoms with Gasteiger partial charge in [-0.25, -0.2) is 0 Å². The van der Waals surface area contributed by atoms with Crippen LogP contribution in [0.2, 0.25) is 0 Å². The van der Waals surface area contributed by atoms with Crippen LogP contribution in [0.1, 0.15) is 6.92 Å². The van der Waals surface area contributed by atoms with Crippen LogP contribution in [0.25, 0.3) is 0 Å². The van der Waals surface area contributed by atoms with Crippen LogP contribution < -0.4 is 5.32 Å². The molecule has 0 heterocycles. The summed E-state index contributed by atoms with van der Waals surface area (Å²) >= 11 is 0. The summed E-state index contributed by atoms with van der Waals surface area (Å²) in [5.74, 6) is 0.282. The molecule has 0 aromatic rings. The van der Waals surface area contributed by atoms with E-state index in [9.17, 15) is 0 Å². The monoisotopic (exact) mass is 127 g/mol. The largest absolute Gasteiger partial charge is 0.313 e. The van der Waals surface area contributed by atoms with Crippen molar-refractivity contribution < 1.29 is 0 Å². The van der Waals surface area contributed by atoms with E-state index in [1.54, 1.807) is 0 Å². The molecule has 0 radical (unpaired) electrons. The highest BCUT2D eigenvalue weighted by Gasteiger charge is 1.92. The van der Waals surface area contributed by atoms with Crippen LogP contribution in [0, 0.1) is 16.7 Å². The third-order valence-electron chi connectivity index (χ3n) is 0.997. The summed E-state index contributed by atoms with van der Waals surface area (Å²) in [5, 5.41) is 16.5. The minimum absolute atomic E-state index is 0.282. The van der Waals surface area contributed by atoms with Gasteiger partial charge in [0.1, 0.15) is 0 Å². The fraction of sp³-hybridized carbons (Fsp3) is 0.667. The van der Waals surface area contributed by atoms with Crippen molar-refractivity contribution in [2.24, 2.45) is 5.92 Å².